The highest BCUT2D eigenvalue weighted by atomic mass is 35.5. The van der Waals surface area contributed by atoms with Crippen molar-refractivity contribution in [3.05, 3.63) is 34.2 Å². The molecule has 1 aromatic carbocycles. The van der Waals surface area contributed by atoms with Gasteiger partial charge in [0, 0.05) is 4.70 Å². The maximum atomic E-state index is 5.96. The molecule has 0 N–H and O–H groups in total. The van der Waals surface area contributed by atoms with E-state index < -0.39 is 0 Å². The van der Waals surface area contributed by atoms with Gasteiger partial charge in [0.25, 0.3) is 0 Å². The van der Waals surface area contributed by atoms with Crippen molar-refractivity contribution in [2.75, 3.05) is 0 Å². The summed E-state index contributed by atoms with van der Waals surface area (Å²) in [7, 11) is 0. The van der Waals surface area contributed by atoms with Crippen LogP contribution in [0, 0.1) is 5.92 Å². The number of hydrogen-bond donors (Lipinski definition) is 0. The van der Waals surface area contributed by atoms with Gasteiger partial charge in [0.15, 0.2) is 0 Å². The summed E-state index contributed by atoms with van der Waals surface area (Å²) in [6.45, 7) is 4.48. The van der Waals surface area contributed by atoms with Crippen LogP contribution < -0.4 is 0 Å². The Labute approximate surface area is 93.5 Å². The van der Waals surface area contributed by atoms with Crippen LogP contribution in [0.5, 0.6) is 0 Å². The summed E-state index contributed by atoms with van der Waals surface area (Å²) in [6.07, 6.45) is 1.14. The lowest BCUT2D eigenvalue weighted by Crippen LogP contribution is -1.92. The molecule has 2 rings (SSSR count). The quantitative estimate of drug-likeness (QED) is 0.691. The van der Waals surface area contributed by atoms with Gasteiger partial charge in [-0.3, -0.25) is 0 Å². The lowest BCUT2D eigenvalue weighted by Gasteiger charge is -2.04. The Bertz CT molecular complexity index is 443. The van der Waals surface area contributed by atoms with Gasteiger partial charge in [-0.15, -0.1) is 11.3 Å². The van der Waals surface area contributed by atoms with E-state index in [0.29, 0.717) is 5.92 Å². The molecule has 0 spiro atoms. The fraction of sp³-hybridized carbons (Fsp3) is 0.333. The molecule has 0 aliphatic heterocycles. The summed E-state index contributed by atoms with van der Waals surface area (Å²) >= 11 is 7.60. The van der Waals surface area contributed by atoms with Crippen molar-refractivity contribution in [1.29, 1.82) is 0 Å². The van der Waals surface area contributed by atoms with Crippen LogP contribution in [0.1, 0.15) is 19.4 Å². The lowest BCUT2D eigenvalue weighted by atomic mass is 10.0. The molecule has 0 saturated carbocycles. The monoisotopic (exact) mass is 224 g/mol. The average Bonchev–Trinajstić information content (AvgIpc) is 2.42. The van der Waals surface area contributed by atoms with Gasteiger partial charge >= 0.3 is 0 Å². The Kier molecular flexibility index (Phi) is 2.80. The molecule has 1 heterocycles. The fourth-order valence-electron chi connectivity index (χ4n) is 1.66. The first-order valence-corrected chi connectivity index (χ1v) is 6.02. The van der Waals surface area contributed by atoms with E-state index in [1.807, 2.05) is 6.07 Å². The maximum absolute atomic E-state index is 5.96. The Morgan fingerprint density at radius 1 is 1.29 bits per heavy atom. The second kappa shape index (κ2) is 3.92. The van der Waals surface area contributed by atoms with E-state index in [0.717, 1.165) is 10.8 Å². The van der Waals surface area contributed by atoms with E-state index in [1.54, 1.807) is 11.3 Å². The highest BCUT2D eigenvalue weighted by Gasteiger charge is 2.02. The Balaban J connectivity index is 2.40. The van der Waals surface area contributed by atoms with Crippen LogP contribution >= 0.6 is 22.9 Å². The number of thiophene rings is 1. The Morgan fingerprint density at radius 2 is 2.07 bits per heavy atom. The van der Waals surface area contributed by atoms with Gasteiger partial charge in [-0.25, -0.2) is 0 Å². The van der Waals surface area contributed by atoms with Crippen molar-refractivity contribution in [3.8, 4) is 0 Å². The normalized spacial score (nSPS) is 11.4. The van der Waals surface area contributed by atoms with Crippen LogP contribution in [-0.2, 0) is 6.42 Å². The van der Waals surface area contributed by atoms with Crippen LogP contribution in [0.4, 0.5) is 0 Å². The number of benzene rings is 1. The molecule has 0 fully saturated rings. The zero-order valence-electron chi connectivity index (χ0n) is 8.38. The highest BCUT2D eigenvalue weighted by molar-refractivity contribution is 7.22. The van der Waals surface area contributed by atoms with Gasteiger partial charge in [-0.2, -0.15) is 0 Å². The van der Waals surface area contributed by atoms with E-state index in [4.69, 9.17) is 11.6 Å². The summed E-state index contributed by atoms with van der Waals surface area (Å²) in [5.74, 6) is 0.710. The maximum Gasteiger partial charge on any atom is 0.0940 e. The molecular weight excluding hydrogens is 212 g/mol. The first-order chi connectivity index (χ1) is 6.65. The molecule has 0 saturated heterocycles. The van der Waals surface area contributed by atoms with Gasteiger partial charge in [-0.1, -0.05) is 37.6 Å². The van der Waals surface area contributed by atoms with Crippen molar-refractivity contribution in [2.45, 2.75) is 20.3 Å². The zero-order chi connectivity index (χ0) is 10.1. The van der Waals surface area contributed by atoms with Gasteiger partial charge in [0.1, 0.15) is 0 Å². The minimum Gasteiger partial charge on any atom is -0.123 e. The third-order valence-electron chi connectivity index (χ3n) is 2.19. The van der Waals surface area contributed by atoms with Crippen LogP contribution in [0.2, 0.25) is 4.34 Å². The van der Waals surface area contributed by atoms with Crippen LogP contribution in [-0.4, -0.2) is 0 Å². The van der Waals surface area contributed by atoms with Crippen molar-refractivity contribution < 1.29 is 0 Å². The molecule has 0 amide bonds. The minimum absolute atomic E-state index is 0.710. The van der Waals surface area contributed by atoms with E-state index >= 15 is 0 Å². The number of halogens is 1. The summed E-state index contributed by atoms with van der Waals surface area (Å²) in [4.78, 5) is 0. The van der Waals surface area contributed by atoms with Gasteiger partial charge in [0.05, 0.1) is 4.34 Å². The summed E-state index contributed by atoms with van der Waals surface area (Å²) in [6, 6.07) is 8.67. The number of fused-ring (bicyclic) bond motifs is 1. The molecule has 14 heavy (non-hydrogen) atoms. The topological polar surface area (TPSA) is 0 Å². The van der Waals surface area contributed by atoms with Crippen molar-refractivity contribution in [2.24, 2.45) is 5.92 Å². The lowest BCUT2D eigenvalue weighted by molar-refractivity contribution is 0.648. The van der Waals surface area contributed by atoms with Crippen LogP contribution in [0.15, 0.2) is 24.3 Å². The molecule has 74 valence electrons. The largest absolute Gasteiger partial charge is 0.123 e. The standard InChI is InChI=1S/C12H13ClS/c1-8(2)5-9-3-4-11-10(6-9)7-12(13)14-11/h3-4,6-8H,5H2,1-2H3. The molecule has 0 radical (unpaired) electrons. The summed E-state index contributed by atoms with van der Waals surface area (Å²) in [5.41, 5.74) is 1.40. The molecule has 0 bridgehead atoms. The molecule has 0 atom stereocenters. The number of rotatable bonds is 2. The predicted octanol–water partition coefficient (Wildman–Crippen LogP) is 4.75. The van der Waals surface area contributed by atoms with Crippen molar-refractivity contribution in [1.82, 2.24) is 0 Å². The SMILES string of the molecule is CC(C)Cc1ccc2sc(Cl)cc2c1. The van der Waals surface area contributed by atoms with Crippen LogP contribution in [0.25, 0.3) is 10.1 Å². The predicted molar refractivity (Wildman–Crippen MR) is 65.4 cm³/mol. The van der Waals surface area contributed by atoms with E-state index in [9.17, 15) is 0 Å². The third kappa shape index (κ3) is 2.10. The van der Waals surface area contributed by atoms with Crippen LogP contribution in [0.3, 0.4) is 0 Å². The molecular formula is C12H13ClS. The molecule has 0 aliphatic rings. The van der Waals surface area contributed by atoms with Crippen molar-refractivity contribution in [3.63, 3.8) is 0 Å². The van der Waals surface area contributed by atoms with Gasteiger partial charge in [-0.05, 0) is 35.4 Å². The third-order valence-corrected chi connectivity index (χ3v) is 3.44. The summed E-state index contributed by atoms with van der Waals surface area (Å²) < 4.78 is 2.16. The Morgan fingerprint density at radius 3 is 2.79 bits per heavy atom. The Hall–Kier alpha value is -0.530. The molecule has 0 unspecified atom stereocenters. The number of hydrogen-bond acceptors (Lipinski definition) is 1. The second-order valence-corrected chi connectivity index (χ2v) is 5.74. The second-order valence-electron chi connectivity index (χ2n) is 4.02. The first-order valence-electron chi connectivity index (χ1n) is 4.83. The van der Waals surface area contributed by atoms with Gasteiger partial charge in [0.2, 0.25) is 0 Å². The molecule has 2 heteroatoms. The van der Waals surface area contributed by atoms with E-state index in [-0.39, 0.29) is 0 Å². The zero-order valence-corrected chi connectivity index (χ0v) is 9.95. The molecule has 1 aromatic heterocycles. The highest BCUT2D eigenvalue weighted by Crippen LogP contribution is 2.30. The minimum atomic E-state index is 0.710. The molecule has 2 aromatic rings. The molecule has 0 nitrogen and oxygen atoms in total. The average molecular weight is 225 g/mol. The smallest absolute Gasteiger partial charge is 0.0940 e. The molecule has 0 aliphatic carbocycles. The first kappa shape index (κ1) is 10.0. The van der Waals surface area contributed by atoms with E-state index in [1.165, 1.54) is 15.6 Å². The fourth-order valence-corrected chi connectivity index (χ4v) is 2.79. The van der Waals surface area contributed by atoms with Gasteiger partial charge < -0.3 is 0 Å². The summed E-state index contributed by atoms with van der Waals surface area (Å²) in [5, 5.41) is 1.28. The van der Waals surface area contributed by atoms with E-state index in [2.05, 4.69) is 32.0 Å². The van der Waals surface area contributed by atoms with Crippen molar-refractivity contribution >= 4 is 33.0 Å².